The lowest BCUT2D eigenvalue weighted by Gasteiger charge is -2.07. The summed E-state index contributed by atoms with van der Waals surface area (Å²) in [5, 5.41) is 9.30. The predicted molar refractivity (Wildman–Crippen MR) is 73.0 cm³/mol. The van der Waals surface area contributed by atoms with Crippen LogP contribution in [-0.2, 0) is 0 Å². The summed E-state index contributed by atoms with van der Waals surface area (Å²) in [5.41, 5.74) is 2.66. The van der Waals surface area contributed by atoms with Gasteiger partial charge >= 0.3 is 5.97 Å². The molecule has 2 aromatic carbocycles. The minimum atomic E-state index is -0.996. The van der Waals surface area contributed by atoms with Crippen molar-refractivity contribution in [1.29, 1.82) is 0 Å². The van der Waals surface area contributed by atoms with Gasteiger partial charge in [-0.25, -0.2) is 9.78 Å². The number of fused-ring (bicyclic) bond motifs is 1. The molecule has 0 saturated carbocycles. The van der Waals surface area contributed by atoms with E-state index < -0.39 is 5.97 Å². The Morgan fingerprint density at radius 1 is 1.21 bits per heavy atom. The van der Waals surface area contributed by atoms with Crippen molar-refractivity contribution in [2.45, 2.75) is 0 Å². The maximum Gasteiger partial charge on any atom is 0.335 e. The first-order chi connectivity index (χ1) is 9.16. The minimum absolute atomic E-state index is 0.165. The second-order valence-electron chi connectivity index (χ2n) is 4.07. The van der Waals surface area contributed by atoms with Crippen molar-refractivity contribution in [2.24, 2.45) is 0 Å². The first-order valence-corrected chi connectivity index (χ1v) is 6.00. The van der Waals surface area contributed by atoms with E-state index in [2.05, 4.69) is 4.98 Å². The molecule has 0 aliphatic heterocycles. The quantitative estimate of drug-likeness (QED) is 0.778. The number of halogens is 1. The smallest absolute Gasteiger partial charge is 0.335 e. The van der Waals surface area contributed by atoms with E-state index >= 15 is 0 Å². The van der Waals surface area contributed by atoms with Crippen molar-refractivity contribution in [1.82, 2.24) is 9.55 Å². The molecule has 19 heavy (non-hydrogen) atoms. The van der Waals surface area contributed by atoms with E-state index in [0.29, 0.717) is 10.7 Å². The third kappa shape index (κ3) is 1.96. The predicted octanol–water partition coefficient (Wildman–Crippen LogP) is 3.38. The minimum Gasteiger partial charge on any atom is -0.478 e. The van der Waals surface area contributed by atoms with E-state index in [-0.39, 0.29) is 5.56 Å². The summed E-state index contributed by atoms with van der Waals surface area (Å²) in [6.07, 6.45) is 1.67. The number of aromatic nitrogens is 2. The van der Waals surface area contributed by atoms with Gasteiger partial charge in [-0.1, -0.05) is 23.7 Å². The summed E-state index contributed by atoms with van der Waals surface area (Å²) in [6, 6.07) is 12.3. The highest BCUT2D eigenvalue weighted by Gasteiger charge is 2.10. The zero-order chi connectivity index (χ0) is 13.4. The van der Waals surface area contributed by atoms with Crippen LogP contribution in [0.25, 0.3) is 16.7 Å². The molecule has 3 rings (SSSR count). The Bertz CT molecular complexity index is 780. The average Bonchev–Trinajstić information content (AvgIpc) is 2.82. The molecule has 0 unspecified atom stereocenters. The molecule has 0 fully saturated rings. The lowest BCUT2D eigenvalue weighted by atomic mass is 10.2. The molecule has 1 N–H and O–H groups in total. The molecule has 4 nitrogen and oxygen atoms in total. The van der Waals surface area contributed by atoms with Gasteiger partial charge in [-0.3, -0.25) is 4.57 Å². The van der Waals surface area contributed by atoms with Crippen molar-refractivity contribution in [3.8, 4) is 5.69 Å². The third-order valence-electron chi connectivity index (χ3n) is 2.91. The summed E-state index contributed by atoms with van der Waals surface area (Å²) in [4.78, 5) is 15.2. The zero-order valence-corrected chi connectivity index (χ0v) is 10.5. The molecule has 0 spiro atoms. The molecule has 0 aliphatic carbocycles. The molecule has 5 heteroatoms. The molecule has 0 atom stereocenters. The van der Waals surface area contributed by atoms with E-state index in [9.17, 15) is 4.79 Å². The SMILES string of the molecule is O=C(O)c1ccc(-n2cnc3ccccc32)c(Cl)c1. The fraction of sp³-hybridized carbons (Fsp3) is 0. The normalized spacial score (nSPS) is 10.8. The number of carboxylic acid groups (broad SMARTS) is 1. The van der Waals surface area contributed by atoms with Crippen LogP contribution in [0.4, 0.5) is 0 Å². The Hall–Kier alpha value is -2.33. The maximum atomic E-state index is 10.9. The lowest BCUT2D eigenvalue weighted by Crippen LogP contribution is -1.99. The number of benzene rings is 2. The van der Waals surface area contributed by atoms with Crippen LogP contribution in [0, 0.1) is 0 Å². The van der Waals surface area contributed by atoms with Crippen LogP contribution in [0.2, 0.25) is 5.02 Å². The molecule has 0 saturated heterocycles. The van der Waals surface area contributed by atoms with Crippen LogP contribution < -0.4 is 0 Å². The highest BCUT2D eigenvalue weighted by atomic mass is 35.5. The molecule has 1 aromatic heterocycles. The van der Waals surface area contributed by atoms with Gasteiger partial charge in [0.1, 0.15) is 6.33 Å². The number of hydrogen-bond acceptors (Lipinski definition) is 2. The molecule has 94 valence electrons. The standard InChI is InChI=1S/C14H9ClN2O2/c15-10-7-9(14(18)19)5-6-12(10)17-8-16-11-3-1-2-4-13(11)17/h1-8H,(H,18,19). The molecule has 0 radical (unpaired) electrons. The van der Waals surface area contributed by atoms with Gasteiger partial charge in [0.05, 0.1) is 27.3 Å². The van der Waals surface area contributed by atoms with Gasteiger partial charge in [0, 0.05) is 0 Å². The van der Waals surface area contributed by atoms with Crippen LogP contribution in [0.3, 0.4) is 0 Å². The van der Waals surface area contributed by atoms with E-state index in [4.69, 9.17) is 16.7 Å². The topological polar surface area (TPSA) is 55.1 Å². The van der Waals surface area contributed by atoms with Gasteiger partial charge in [0.25, 0.3) is 0 Å². The fourth-order valence-electron chi connectivity index (χ4n) is 1.99. The van der Waals surface area contributed by atoms with Crippen molar-refractivity contribution < 1.29 is 9.90 Å². The van der Waals surface area contributed by atoms with Crippen molar-refractivity contribution in [3.63, 3.8) is 0 Å². The number of imidazole rings is 1. The van der Waals surface area contributed by atoms with Crippen LogP contribution >= 0.6 is 11.6 Å². The number of rotatable bonds is 2. The number of carbonyl (C=O) groups is 1. The number of hydrogen-bond donors (Lipinski definition) is 1. The van der Waals surface area contributed by atoms with E-state index in [1.54, 1.807) is 12.4 Å². The maximum absolute atomic E-state index is 10.9. The number of aromatic carboxylic acids is 1. The van der Waals surface area contributed by atoms with E-state index in [0.717, 1.165) is 11.0 Å². The van der Waals surface area contributed by atoms with Gasteiger partial charge in [-0.05, 0) is 30.3 Å². The van der Waals surface area contributed by atoms with Gasteiger partial charge in [-0.15, -0.1) is 0 Å². The molecule has 0 aliphatic rings. The Labute approximate surface area is 113 Å². The Balaban J connectivity index is 2.19. The van der Waals surface area contributed by atoms with Crippen LogP contribution in [0.5, 0.6) is 0 Å². The highest BCUT2D eigenvalue weighted by Crippen LogP contribution is 2.25. The Kier molecular flexibility index (Phi) is 2.72. The molecule has 1 heterocycles. The monoisotopic (exact) mass is 272 g/mol. The molecule has 0 amide bonds. The van der Waals surface area contributed by atoms with Crippen LogP contribution in [0.1, 0.15) is 10.4 Å². The summed E-state index contributed by atoms with van der Waals surface area (Å²) in [6.45, 7) is 0. The van der Waals surface area contributed by atoms with Crippen LogP contribution in [-0.4, -0.2) is 20.6 Å². The van der Waals surface area contributed by atoms with Gasteiger partial charge in [0.15, 0.2) is 0 Å². The largest absolute Gasteiger partial charge is 0.478 e. The zero-order valence-electron chi connectivity index (χ0n) is 9.75. The van der Waals surface area contributed by atoms with Crippen molar-refractivity contribution in [3.05, 3.63) is 59.4 Å². The number of para-hydroxylation sites is 2. The lowest BCUT2D eigenvalue weighted by molar-refractivity contribution is 0.0697. The third-order valence-corrected chi connectivity index (χ3v) is 3.21. The van der Waals surface area contributed by atoms with E-state index in [1.807, 2.05) is 28.8 Å². The van der Waals surface area contributed by atoms with Gasteiger partial charge in [0.2, 0.25) is 0 Å². The van der Waals surface area contributed by atoms with Crippen molar-refractivity contribution >= 4 is 28.6 Å². The summed E-state index contributed by atoms with van der Waals surface area (Å²) < 4.78 is 1.84. The van der Waals surface area contributed by atoms with E-state index in [1.165, 1.54) is 12.1 Å². The molecular weight excluding hydrogens is 264 g/mol. The number of carboxylic acids is 1. The second kappa shape index (κ2) is 4.40. The number of nitrogens with zero attached hydrogens (tertiary/aromatic N) is 2. The average molecular weight is 273 g/mol. The first-order valence-electron chi connectivity index (χ1n) is 5.62. The second-order valence-corrected chi connectivity index (χ2v) is 4.48. The summed E-state index contributed by atoms with van der Waals surface area (Å²) in [5.74, 6) is -0.996. The molecule has 3 aromatic rings. The Morgan fingerprint density at radius 2 is 2.00 bits per heavy atom. The van der Waals surface area contributed by atoms with Crippen molar-refractivity contribution in [2.75, 3.05) is 0 Å². The Morgan fingerprint density at radius 3 is 2.74 bits per heavy atom. The summed E-state index contributed by atoms with van der Waals surface area (Å²) >= 11 is 6.15. The fourth-order valence-corrected chi connectivity index (χ4v) is 2.26. The molecular formula is C14H9ClN2O2. The highest BCUT2D eigenvalue weighted by molar-refractivity contribution is 6.32. The summed E-state index contributed by atoms with van der Waals surface area (Å²) in [7, 11) is 0. The van der Waals surface area contributed by atoms with Gasteiger partial charge < -0.3 is 5.11 Å². The van der Waals surface area contributed by atoms with Crippen LogP contribution in [0.15, 0.2) is 48.8 Å². The molecule has 0 bridgehead atoms. The van der Waals surface area contributed by atoms with Gasteiger partial charge in [-0.2, -0.15) is 0 Å². The first kappa shape index (κ1) is 11.7.